The molecule has 0 radical (unpaired) electrons. The highest BCUT2D eigenvalue weighted by molar-refractivity contribution is 7.89. The SMILES string of the molecule is CNCc1cccc(S(=O)(=O)NC2CCC(OC)C2)c1. The van der Waals surface area contributed by atoms with Gasteiger partial charge in [-0.05, 0) is 44.0 Å². The summed E-state index contributed by atoms with van der Waals surface area (Å²) in [5.74, 6) is 0. The first-order valence-electron chi connectivity index (χ1n) is 6.84. The molecule has 5 nitrogen and oxygen atoms in total. The first-order chi connectivity index (χ1) is 9.55. The maximum Gasteiger partial charge on any atom is 0.240 e. The Morgan fingerprint density at radius 1 is 1.35 bits per heavy atom. The van der Waals surface area contributed by atoms with Crippen molar-refractivity contribution in [2.75, 3.05) is 14.2 Å². The number of rotatable bonds is 6. The Kier molecular flexibility index (Phi) is 5.15. The van der Waals surface area contributed by atoms with Gasteiger partial charge in [0.2, 0.25) is 10.0 Å². The number of methoxy groups -OCH3 is 1. The average molecular weight is 298 g/mol. The molecule has 1 fully saturated rings. The zero-order valence-corrected chi connectivity index (χ0v) is 12.7. The summed E-state index contributed by atoms with van der Waals surface area (Å²) >= 11 is 0. The second-order valence-corrected chi connectivity index (χ2v) is 6.88. The largest absolute Gasteiger partial charge is 0.381 e. The average Bonchev–Trinajstić information content (AvgIpc) is 2.86. The van der Waals surface area contributed by atoms with E-state index < -0.39 is 10.0 Å². The van der Waals surface area contributed by atoms with Crippen LogP contribution in [0.3, 0.4) is 0 Å². The summed E-state index contributed by atoms with van der Waals surface area (Å²) in [6.45, 7) is 0.651. The molecule has 0 heterocycles. The van der Waals surface area contributed by atoms with Crippen molar-refractivity contribution in [3.05, 3.63) is 29.8 Å². The van der Waals surface area contributed by atoms with Gasteiger partial charge >= 0.3 is 0 Å². The van der Waals surface area contributed by atoms with E-state index in [1.165, 1.54) is 0 Å². The maximum absolute atomic E-state index is 12.4. The summed E-state index contributed by atoms with van der Waals surface area (Å²) in [7, 11) is 0.0561. The van der Waals surface area contributed by atoms with Crippen LogP contribution in [-0.2, 0) is 21.3 Å². The molecular formula is C14H22N2O3S. The summed E-state index contributed by atoms with van der Waals surface area (Å²) in [6.07, 6.45) is 2.64. The molecule has 0 amide bonds. The highest BCUT2D eigenvalue weighted by Gasteiger charge is 2.28. The van der Waals surface area contributed by atoms with Gasteiger partial charge in [0.1, 0.15) is 0 Å². The third kappa shape index (κ3) is 3.79. The van der Waals surface area contributed by atoms with E-state index in [0.717, 1.165) is 24.8 Å². The van der Waals surface area contributed by atoms with Gasteiger partial charge in [-0.25, -0.2) is 13.1 Å². The molecule has 2 atom stereocenters. The lowest BCUT2D eigenvalue weighted by Gasteiger charge is -2.14. The Hall–Kier alpha value is -0.950. The van der Waals surface area contributed by atoms with Gasteiger partial charge in [0.15, 0.2) is 0 Å². The zero-order chi connectivity index (χ0) is 14.6. The molecule has 0 saturated heterocycles. The van der Waals surface area contributed by atoms with Gasteiger partial charge in [0, 0.05) is 19.7 Å². The molecule has 2 N–H and O–H groups in total. The topological polar surface area (TPSA) is 67.4 Å². The Balaban J connectivity index is 2.08. The minimum absolute atomic E-state index is 0.0297. The Morgan fingerprint density at radius 2 is 2.15 bits per heavy atom. The minimum atomic E-state index is -3.45. The van der Waals surface area contributed by atoms with Gasteiger partial charge in [-0.2, -0.15) is 0 Å². The molecule has 1 aliphatic rings. The minimum Gasteiger partial charge on any atom is -0.381 e. The normalized spacial score (nSPS) is 23.1. The second-order valence-electron chi connectivity index (χ2n) is 5.17. The number of hydrogen-bond donors (Lipinski definition) is 2. The number of benzene rings is 1. The lowest BCUT2D eigenvalue weighted by molar-refractivity contribution is 0.107. The van der Waals surface area contributed by atoms with Crippen LogP contribution < -0.4 is 10.0 Å². The van der Waals surface area contributed by atoms with E-state index in [0.29, 0.717) is 11.4 Å². The molecule has 112 valence electrons. The highest BCUT2D eigenvalue weighted by atomic mass is 32.2. The molecule has 1 aliphatic carbocycles. The van der Waals surface area contributed by atoms with E-state index in [-0.39, 0.29) is 12.1 Å². The molecular weight excluding hydrogens is 276 g/mol. The van der Waals surface area contributed by atoms with Crippen LogP contribution in [0.4, 0.5) is 0 Å². The standard InChI is InChI=1S/C14H22N2O3S/c1-15-10-11-4-3-5-14(8-11)20(17,18)16-12-6-7-13(9-12)19-2/h3-5,8,12-13,15-16H,6-7,9-10H2,1-2H3. The monoisotopic (exact) mass is 298 g/mol. The zero-order valence-electron chi connectivity index (χ0n) is 11.9. The molecule has 0 aliphatic heterocycles. The van der Waals surface area contributed by atoms with Crippen molar-refractivity contribution in [3.63, 3.8) is 0 Å². The smallest absolute Gasteiger partial charge is 0.240 e. The van der Waals surface area contributed by atoms with Crippen molar-refractivity contribution in [2.45, 2.75) is 42.8 Å². The third-order valence-corrected chi connectivity index (χ3v) is 5.15. The fourth-order valence-electron chi connectivity index (χ4n) is 2.58. The Bertz CT molecular complexity index is 545. The highest BCUT2D eigenvalue weighted by Crippen LogP contribution is 2.23. The van der Waals surface area contributed by atoms with Crippen molar-refractivity contribution < 1.29 is 13.2 Å². The van der Waals surface area contributed by atoms with Crippen LogP contribution in [0.15, 0.2) is 29.2 Å². The predicted octanol–water partition coefficient (Wildman–Crippen LogP) is 1.25. The van der Waals surface area contributed by atoms with E-state index in [4.69, 9.17) is 4.74 Å². The van der Waals surface area contributed by atoms with Gasteiger partial charge in [-0.3, -0.25) is 0 Å². The van der Waals surface area contributed by atoms with Crippen LogP contribution in [0, 0.1) is 0 Å². The van der Waals surface area contributed by atoms with Crippen LogP contribution in [0.5, 0.6) is 0 Å². The lowest BCUT2D eigenvalue weighted by Crippen LogP contribution is -2.33. The number of nitrogens with one attached hydrogen (secondary N) is 2. The Labute approximate surface area is 120 Å². The number of sulfonamides is 1. The first-order valence-corrected chi connectivity index (χ1v) is 8.32. The van der Waals surface area contributed by atoms with Gasteiger partial charge < -0.3 is 10.1 Å². The lowest BCUT2D eigenvalue weighted by atomic mass is 10.2. The third-order valence-electron chi connectivity index (χ3n) is 3.63. The molecule has 0 bridgehead atoms. The van der Waals surface area contributed by atoms with Crippen LogP contribution in [0.2, 0.25) is 0 Å². The van der Waals surface area contributed by atoms with Crippen molar-refractivity contribution in [2.24, 2.45) is 0 Å². The van der Waals surface area contributed by atoms with E-state index in [1.807, 2.05) is 13.1 Å². The summed E-state index contributed by atoms with van der Waals surface area (Å²) in [6, 6.07) is 6.99. The molecule has 2 rings (SSSR count). The van der Waals surface area contributed by atoms with Crippen molar-refractivity contribution in [1.82, 2.24) is 10.0 Å². The van der Waals surface area contributed by atoms with E-state index in [1.54, 1.807) is 25.3 Å². The number of hydrogen-bond acceptors (Lipinski definition) is 4. The van der Waals surface area contributed by atoms with Crippen molar-refractivity contribution >= 4 is 10.0 Å². The molecule has 1 saturated carbocycles. The summed E-state index contributed by atoms with van der Waals surface area (Å²) in [5, 5.41) is 3.02. The van der Waals surface area contributed by atoms with Gasteiger partial charge in [-0.1, -0.05) is 12.1 Å². The van der Waals surface area contributed by atoms with Crippen LogP contribution >= 0.6 is 0 Å². The van der Waals surface area contributed by atoms with Crippen molar-refractivity contribution in [3.8, 4) is 0 Å². The summed E-state index contributed by atoms with van der Waals surface area (Å²) < 4.78 is 32.8. The molecule has 1 aromatic carbocycles. The molecule has 20 heavy (non-hydrogen) atoms. The van der Waals surface area contributed by atoms with E-state index >= 15 is 0 Å². The first kappa shape index (κ1) is 15.4. The maximum atomic E-state index is 12.4. The van der Waals surface area contributed by atoms with Crippen LogP contribution in [0.1, 0.15) is 24.8 Å². The van der Waals surface area contributed by atoms with Crippen LogP contribution in [-0.4, -0.2) is 34.7 Å². The molecule has 0 aromatic heterocycles. The fourth-order valence-corrected chi connectivity index (χ4v) is 3.93. The fraction of sp³-hybridized carbons (Fsp3) is 0.571. The number of ether oxygens (including phenoxy) is 1. The summed E-state index contributed by atoms with van der Waals surface area (Å²) in [5.41, 5.74) is 0.955. The molecule has 0 spiro atoms. The van der Waals surface area contributed by atoms with Gasteiger partial charge in [0.25, 0.3) is 0 Å². The molecule has 1 aromatic rings. The summed E-state index contributed by atoms with van der Waals surface area (Å²) in [4.78, 5) is 0.325. The van der Waals surface area contributed by atoms with Crippen LogP contribution in [0.25, 0.3) is 0 Å². The van der Waals surface area contributed by atoms with Gasteiger partial charge in [0.05, 0.1) is 11.0 Å². The predicted molar refractivity (Wildman–Crippen MR) is 78.0 cm³/mol. The Morgan fingerprint density at radius 3 is 2.80 bits per heavy atom. The quantitative estimate of drug-likeness (QED) is 0.829. The van der Waals surface area contributed by atoms with Crippen molar-refractivity contribution in [1.29, 1.82) is 0 Å². The molecule has 6 heteroatoms. The second kappa shape index (κ2) is 6.67. The van der Waals surface area contributed by atoms with E-state index in [9.17, 15) is 8.42 Å². The molecule has 2 unspecified atom stereocenters. The van der Waals surface area contributed by atoms with Gasteiger partial charge in [-0.15, -0.1) is 0 Å². The van der Waals surface area contributed by atoms with E-state index in [2.05, 4.69) is 10.0 Å².